The highest BCUT2D eigenvalue weighted by Gasteiger charge is 2.28. The first-order valence-corrected chi connectivity index (χ1v) is 11.4. The number of nitrogens with one attached hydrogen (secondary N) is 1. The average Bonchev–Trinajstić information content (AvgIpc) is 2.98. The van der Waals surface area contributed by atoms with Crippen molar-refractivity contribution in [2.45, 2.75) is 32.7 Å². The molecule has 170 valence electrons. The van der Waals surface area contributed by atoms with E-state index in [1.54, 1.807) is 24.3 Å². The maximum atomic E-state index is 13.5. The molecule has 3 aromatic carbocycles. The molecule has 0 bridgehead atoms. The molecular formula is C28H31N3O2. The predicted molar refractivity (Wildman–Crippen MR) is 134 cm³/mol. The van der Waals surface area contributed by atoms with Gasteiger partial charge in [0.1, 0.15) is 0 Å². The largest absolute Gasteiger partial charge is 0.322 e. The van der Waals surface area contributed by atoms with Gasteiger partial charge in [-0.05, 0) is 88.3 Å². The summed E-state index contributed by atoms with van der Waals surface area (Å²) in [7, 11) is 4.19. The zero-order valence-electron chi connectivity index (χ0n) is 19.8. The quantitative estimate of drug-likeness (QED) is 0.573. The van der Waals surface area contributed by atoms with Gasteiger partial charge in [0.25, 0.3) is 11.8 Å². The Morgan fingerprint density at radius 2 is 1.70 bits per heavy atom. The van der Waals surface area contributed by atoms with Crippen molar-refractivity contribution in [3.05, 3.63) is 94.5 Å². The Kier molecular flexibility index (Phi) is 6.61. The highest BCUT2D eigenvalue weighted by molar-refractivity contribution is 6.08. The molecule has 0 radical (unpaired) electrons. The van der Waals surface area contributed by atoms with Crippen LogP contribution >= 0.6 is 0 Å². The Morgan fingerprint density at radius 1 is 0.970 bits per heavy atom. The van der Waals surface area contributed by atoms with Gasteiger partial charge in [0.05, 0.1) is 0 Å². The van der Waals surface area contributed by atoms with Crippen LogP contribution in [0.3, 0.4) is 0 Å². The van der Waals surface area contributed by atoms with E-state index in [9.17, 15) is 9.59 Å². The van der Waals surface area contributed by atoms with Crippen LogP contribution in [0.2, 0.25) is 0 Å². The second kappa shape index (κ2) is 9.59. The molecule has 0 saturated heterocycles. The molecule has 0 spiro atoms. The van der Waals surface area contributed by atoms with Crippen LogP contribution in [0.4, 0.5) is 11.4 Å². The monoisotopic (exact) mass is 441 g/mol. The number of anilines is 2. The van der Waals surface area contributed by atoms with Crippen molar-refractivity contribution in [3.8, 4) is 0 Å². The standard InChI is InChI=1S/C28H31N3O2/c1-19-11-16-26-24(18-19)25(30(3)4)10-7-17-31(26)28(33)21-12-14-22(15-13-21)29-27(32)23-9-6-5-8-20(23)2/h5-6,8-9,11-16,18,25H,7,10,17H2,1-4H3,(H,29,32). The van der Waals surface area contributed by atoms with E-state index in [1.807, 2.05) is 36.1 Å². The number of nitrogens with zero attached hydrogens (tertiary/aromatic N) is 2. The molecule has 4 rings (SSSR count). The first-order chi connectivity index (χ1) is 15.8. The van der Waals surface area contributed by atoms with Crippen molar-refractivity contribution < 1.29 is 9.59 Å². The van der Waals surface area contributed by atoms with Crippen LogP contribution in [0.5, 0.6) is 0 Å². The van der Waals surface area contributed by atoms with Crippen LogP contribution in [0.1, 0.15) is 56.3 Å². The summed E-state index contributed by atoms with van der Waals surface area (Å²) in [6.07, 6.45) is 1.95. The zero-order chi connectivity index (χ0) is 23.5. The fraction of sp³-hybridized carbons (Fsp3) is 0.286. The normalized spacial score (nSPS) is 15.7. The van der Waals surface area contributed by atoms with E-state index in [-0.39, 0.29) is 17.9 Å². The molecule has 1 aliphatic rings. The van der Waals surface area contributed by atoms with E-state index in [0.717, 1.165) is 24.1 Å². The molecule has 0 aliphatic carbocycles. The third-order valence-electron chi connectivity index (χ3n) is 6.34. The van der Waals surface area contributed by atoms with Gasteiger partial charge in [-0.1, -0.05) is 35.9 Å². The van der Waals surface area contributed by atoms with Gasteiger partial charge < -0.3 is 15.1 Å². The summed E-state index contributed by atoms with van der Waals surface area (Å²) in [6.45, 7) is 4.69. The predicted octanol–water partition coefficient (Wildman–Crippen LogP) is 5.60. The smallest absolute Gasteiger partial charge is 0.258 e. The maximum Gasteiger partial charge on any atom is 0.258 e. The summed E-state index contributed by atoms with van der Waals surface area (Å²) in [5, 5.41) is 2.93. The lowest BCUT2D eigenvalue weighted by Gasteiger charge is -2.27. The highest BCUT2D eigenvalue weighted by Crippen LogP contribution is 2.37. The van der Waals surface area contributed by atoms with E-state index in [0.29, 0.717) is 23.4 Å². The Hall–Kier alpha value is -3.44. The molecule has 5 heteroatoms. The highest BCUT2D eigenvalue weighted by atomic mass is 16.2. The van der Waals surface area contributed by atoms with Gasteiger partial charge in [0.15, 0.2) is 0 Å². The number of aryl methyl sites for hydroxylation is 2. The lowest BCUT2D eigenvalue weighted by atomic mass is 9.98. The van der Waals surface area contributed by atoms with Gasteiger partial charge in [0.2, 0.25) is 0 Å². The second-order valence-electron chi connectivity index (χ2n) is 8.99. The molecular weight excluding hydrogens is 410 g/mol. The summed E-state index contributed by atoms with van der Waals surface area (Å²) in [6, 6.07) is 21.3. The molecule has 33 heavy (non-hydrogen) atoms. The first kappa shape index (κ1) is 22.7. The van der Waals surface area contributed by atoms with Crippen molar-refractivity contribution in [2.75, 3.05) is 30.9 Å². The first-order valence-electron chi connectivity index (χ1n) is 11.4. The Bertz CT molecular complexity index is 1170. The molecule has 0 fully saturated rings. The van der Waals surface area contributed by atoms with Crippen LogP contribution < -0.4 is 10.2 Å². The lowest BCUT2D eigenvalue weighted by Crippen LogP contribution is -2.32. The fourth-order valence-corrected chi connectivity index (χ4v) is 4.53. The molecule has 2 amide bonds. The fourth-order valence-electron chi connectivity index (χ4n) is 4.53. The van der Waals surface area contributed by atoms with E-state index in [4.69, 9.17) is 0 Å². The number of carbonyl (C=O) groups is 2. The van der Waals surface area contributed by atoms with Crippen molar-refractivity contribution in [1.82, 2.24) is 4.90 Å². The molecule has 1 atom stereocenters. The van der Waals surface area contributed by atoms with Gasteiger partial charge >= 0.3 is 0 Å². The summed E-state index contributed by atoms with van der Waals surface area (Å²) in [5.41, 5.74) is 6.23. The number of amides is 2. The van der Waals surface area contributed by atoms with E-state index in [2.05, 4.69) is 49.4 Å². The minimum atomic E-state index is -0.154. The van der Waals surface area contributed by atoms with Gasteiger partial charge in [-0.2, -0.15) is 0 Å². The molecule has 5 nitrogen and oxygen atoms in total. The lowest BCUT2D eigenvalue weighted by molar-refractivity contribution is 0.0985. The van der Waals surface area contributed by atoms with E-state index < -0.39 is 0 Å². The maximum absolute atomic E-state index is 13.5. The third kappa shape index (κ3) is 4.83. The van der Waals surface area contributed by atoms with E-state index in [1.165, 1.54) is 11.1 Å². The summed E-state index contributed by atoms with van der Waals surface area (Å²) >= 11 is 0. The van der Waals surface area contributed by atoms with Gasteiger partial charge in [0, 0.05) is 35.1 Å². The van der Waals surface area contributed by atoms with Crippen LogP contribution in [0.25, 0.3) is 0 Å². The van der Waals surface area contributed by atoms with E-state index >= 15 is 0 Å². The molecule has 0 aromatic heterocycles. The Balaban J connectivity index is 1.56. The second-order valence-corrected chi connectivity index (χ2v) is 8.99. The van der Waals surface area contributed by atoms with Crippen molar-refractivity contribution in [1.29, 1.82) is 0 Å². The zero-order valence-corrected chi connectivity index (χ0v) is 19.8. The van der Waals surface area contributed by atoms with Gasteiger partial charge in [-0.15, -0.1) is 0 Å². The SMILES string of the molecule is Cc1ccc2c(c1)C(N(C)C)CCCN2C(=O)c1ccc(NC(=O)c2ccccc2C)cc1. The van der Waals surface area contributed by atoms with Gasteiger partial charge in [-0.25, -0.2) is 0 Å². The number of fused-ring (bicyclic) bond motifs is 1. The molecule has 1 aliphatic heterocycles. The molecule has 1 N–H and O–H groups in total. The number of hydrogen-bond acceptors (Lipinski definition) is 3. The van der Waals surface area contributed by atoms with Crippen LogP contribution in [0.15, 0.2) is 66.7 Å². The number of carbonyl (C=O) groups excluding carboxylic acids is 2. The van der Waals surface area contributed by atoms with Gasteiger partial charge in [-0.3, -0.25) is 9.59 Å². The molecule has 0 saturated carbocycles. The Labute approximate surface area is 196 Å². The number of hydrogen-bond donors (Lipinski definition) is 1. The van der Waals surface area contributed by atoms with Crippen LogP contribution in [-0.4, -0.2) is 37.4 Å². The number of benzene rings is 3. The minimum Gasteiger partial charge on any atom is -0.322 e. The molecule has 1 heterocycles. The molecule has 1 unspecified atom stereocenters. The summed E-state index contributed by atoms with van der Waals surface area (Å²) < 4.78 is 0. The van der Waals surface area contributed by atoms with Crippen LogP contribution in [0, 0.1) is 13.8 Å². The molecule has 3 aromatic rings. The minimum absolute atomic E-state index is 0.0173. The summed E-state index contributed by atoms with van der Waals surface area (Å²) in [4.78, 5) is 30.2. The van der Waals surface area contributed by atoms with Crippen molar-refractivity contribution in [3.63, 3.8) is 0 Å². The topological polar surface area (TPSA) is 52.6 Å². The summed E-state index contributed by atoms with van der Waals surface area (Å²) in [5.74, 6) is -0.171. The average molecular weight is 442 g/mol. The number of rotatable bonds is 4. The Morgan fingerprint density at radius 3 is 2.39 bits per heavy atom. The van der Waals surface area contributed by atoms with Crippen LogP contribution in [-0.2, 0) is 0 Å². The van der Waals surface area contributed by atoms with Crippen molar-refractivity contribution in [2.24, 2.45) is 0 Å². The third-order valence-corrected chi connectivity index (χ3v) is 6.34. The van der Waals surface area contributed by atoms with Crippen molar-refractivity contribution >= 4 is 23.2 Å².